The standard InChI is InChI=1S/C21H23Cl2N3O4S/c22-14-7-8-18(16(23)12-14)30-10-2-6-19(27)24-25-21(29)17-5-1-9-26(17)20(28)13-15-4-3-11-31-15/h3-4,7-8,11-12,17H,1-2,5-6,9-10,13H2,(H,24,27)(H,25,29). The Balaban J connectivity index is 1.37. The van der Waals surface area contributed by atoms with Gasteiger partial charge in [0.2, 0.25) is 11.8 Å². The molecule has 2 heterocycles. The molecule has 0 bridgehead atoms. The quantitative estimate of drug-likeness (QED) is 0.443. The van der Waals surface area contributed by atoms with Gasteiger partial charge in [-0.05, 0) is 48.9 Å². The first kappa shape index (κ1) is 23.4. The first-order valence-electron chi connectivity index (χ1n) is 9.92. The zero-order valence-corrected chi connectivity index (χ0v) is 19.1. The topological polar surface area (TPSA) is 87.7 Å². The largest absolute Gasteiger partial charge is 0.492 e. The van der Waals surface area contributed by atoms with E-state index in [9.17, 15) is 14.4 Å². The fraction of sp³-hybridized carbons (Fsp3) is 0.381. The van der Waals surface area contributed by atoms with Crippen LogP contribution < -0.4 is 15.6 Å². The molecule has 0 saturated carbocycles. The molecule has 2 aromatic rings. The van der Waals surface area contributed by atoms with Crippen LogP contribution in [0.25, 0.3) is 0 Å². The minimum absolute atomic E-state index is 0.0792. The smallest absolute Gasteiger partial charge is 0.261 e. The van der Waals surface area contributed by atoms with Crippen molar-refractivity contribution < 1.29 is 19.1 Å². The van der Waals surface area contributed by atoms with Crippen LogP contribution in [0.5, 0.6) is 5.75 Å². The van der Waals surface area contributed by atoms with Crippen LogP contribution in [0.15, 0.2) is 35.7 Å². The highest BCUT2D eigenvalue weighted by Crippen LogP contribution is 2.27. The van der Waals surface area contributed by atoms with E-state index in [4.69, 9.17) is 27.9 Å². The van der Waals surface area contributed by atoms with Crippen LogP contribution in [-0.4, -0.2) is 41.8 Å². The molecule has 3 rings (SSSR count). The van der Waals surface area contributed by atoms with Gasteiger partial charge >= 0.3 is 0 Å². The van der Waals surface area contributed by atoms with Crippen molar-refractivity contribution in [3.8, 4) is 5.75 Å². The number of ether oxygens (including phenoxy) is 1. The van der Waals surface area contributed by atoms with E-state index < -0.39 is 6.04 Å². The van der Waals surface area contributed by atoms with E-state index in [1.54, 1.807) is 23.1 Å². The summed E-state index contributed by atoms with van der Waals surface area (Å²) in [7, 11) is 0. The number of amides is 3. The van der Waals surface area contributed by atoms with Crippen LogP contribution >= 0.6 is 34.5 Å². The predicted octanol–water partition coefficient (Wildman–Crippen LogP) is 3.60. The highest BCUT2D eigenvalue weighted by atomic mass is 35.5. The lowest BCUT2D eigenvalue weighted by Crippen LogP contribution is -2.51. The summed E-state index contributed by atoms with van der Waals surface area (Å²) in [6.07, 6.45) is 2.22. The Labute approximate surface area is 194 Å². The first-order chi connectivity index (χ1) is 14.9. The molecule has 1 atom stereocenters. The number of likely N-dealkylation sites (tertiary alicyclic amines) is 1. The van der Waals surface area contributed by atoms with Gasteiger partial charge < -0.3 is 9.64 Å². The number of carbonyl (C=O) groups excluding carboxylic acids is 3. The van der Waals surface area contributed by atoms with Crippen LogP contribution in [-0.2, 0) is 20.8 Å². The van der Waals surface area contributed by atoms with Crippen LogP contribution in [0, 0.1) is 0 Å². The summed E-state index contributed by atoms with van der Waals surface area (Å²) in [5.74, 6) is -0.305. The summed E-state index contributed by atoms with van der Waals surface area (Å²) < 4.78 is 5.53. The van der Waals surface area contributed by atoms with Gasteiger partial charge in [0, 0.05) is 22.9 Å². The normalized spacial score (nSPS) is 15.5. The van der Waals surface area contributed by atoms with Crippen LogP contribution in [0.4, 0.5) is 0 Å². The van der Waals surface area contributed by atoms with E-state index >= 15 is 0 Å². The molecule has 1 unspecified atom stereocenters. The van der Waals surface area contributed by atoms with E-state index in [0.29, 0.717) is 35.2 Å². The Hall–Kier alpha value is -2.29. The third-order valence-corrected chi connectivity index (χ3v) is 6.21. The van der Waals surface area contributed by atoms with Crippen LogP contribution in [0.2, 0.25) is 10.0 Å². The number of nitrogens with zero attached hydrogens (tertiary/aromatic N) is 1. The number of thiophene rings is 1. The summed E-state index contributed by atoms with van der Waals surface area (Å²) in [6.45, 7) is 0.831. The maximum absolute atomic E-state index is 12.5. The van der Waals surface area contributed by atoms with Crippen molar-refractivity contribution in [2.45, 2.75) is 38.1 Å². The van der Waals surface area contributed by atoms with Gasteiger partial charge in [-0.25, -0.2) is 0 Å². The van der Waals surface area contributed by atoms with Gasteiger partial charge in [-0.2, -0.15) is 0 Å². The average molecular weight is 484 g/mol. The van der Waals surface area contributed by atoms with Gasteiger partial charge in [-0.15, -0.1) is 11.3 Å². The Bertz CT molecular complexity index is 923. The molecule has 31 heavy (non-hydrogen) atoms. The molecule has 0 spiro atoms. The van der Waals surface area contributed by atoms with Crippen molar-refractivity contribution in [2.24, 2.45) is 0 Å². The lowest BCUT2D eigenvalue weighted by Gasteiger charge is -2.23. The zero-order chi connectivity index (χ0) is 22.2. The highest BCUT2D eigenvalue weighted by Gasteiger charge is 2.34. The Morgan fingerprint density at radius 3 is 2.77 bits per heavy atom. The molecule has 1 fully saturated rings. The molecule has 1 aromatic heterocycles. The van der Waals surface area contributed by atoms with E-state index in [1.165, 1.54) is 11.3 Å². The fourth-order valence-electron chi connectivity index (χ4n) is 3.29. The van der Waals surface area contributed by atoms with Crippen molar-refractivity contribution in [1.82, 2.24) is 15.8 Å². The SMILES string of the molecule is O=C(CCCOc1ccc(Cl)cc1Cl)NNC(=O)C1CCCN1C(=O)Cc1cccs1. The third kappa shape index (κ3) is 6.85. The van der Waals surface area contributed by atoms with Gasteiger partial charge in [0.15, 0.2) is 0 Å². The first-order valence-corrected chi connectivity index (χ1v) is 11.6. The molecule has 1 aromatic carbocycles. The predicted molar refractivity (Wildman–Crippen MR) is 120 cm³/mol. The Morgan fingerprint density at radius 2 is 2.03 bits per heavy atom. The molecule has 10 heteroatoms. The second-order valence-corrected chi connectivity index (χ2v) is 8.94. The van der Waals surface area contributed by atoms with Gasteiger partial charge in [-0.3, -0.25) is 25.2 Å². The molecule has 3 amide bonds. The minimum atomic E-state index is -0.567. The minimum Gasteiger partial charge on any atom is -0.492 e. The Morgan fingerprint density at radius 1 is 1.19 bits per heavy atom. The number of hydrogen-bond donors (Lipinski definition) is 2. The number of hydrogen-bond acceptors (Lipinski definition) is 5. The zero-order valence-electron chi connectivity index (χ0n) is 16.7. The summed E-state index contributed by atoms with van der Waals surface area (Å²) >= 11 is 13.4. The molecule has 166 valence electrons. The van der Waals surface area contributed by atoms with Crippen molar-refractivity contribution in [1.29, 1.82) is 0 Å². The van der Waals surface area contributed by atoms with Gasteiger partial charge in [-0.1, -0.05) is 29.3 Å². The van der Waals surface area contributed by atoms with Gasteiger partial charge in [0.25, 0.3) is 5.91 Å². The van der Waals surface area contributed by atoms with Crippen molar-refractivity contribution in [3.63, 3.8) is 0 Å². The molecule has 2 N–H and O–H groups in total. The number of nitrogens with one attached hydrogen (secondary N) is 2. The number of rotatable bonds is 8. The highest BCUT2D eigenvalue weighted by molar-refractivity contribution is 7.10. The van der Waals surface area contributed by atoms with Gasteiger partial charge in [0.1, 0.15) is 11.8 Å². The molecular formula is C21H23Cl2N3O4S. The van der Waals surface area contributed by atoms with E-state index in [0.717, 1.165) is 11.3 Å². The maximum atomic E-state index is 12.5. The van der Waals surface area contributed by atoms with Crippen LogP contribution in [0.3, 0.4) is 0 Å². The molecule has 7 nitrogen and oxygen atoms in total. The third-order valence-electron chi connectivity index (χ3n) is 4.81. The second kappa shape index (κ2) is 11.4. The van der Waals surface area contributed by atoms with Crippen molar-refractivity contribution >= 4 is 52.3 Å². The Kier molecular flexibility index (Phi) is 8.57. The van der Waals surface area contributed by atoms with Gasteiger partial charge in [0.05, 0.1) is 18.1 Å². The molecule has 1 aliphatic rings. The van der Waals surface area contributed by atoms with Crippen molar-refractivity contribution in [2.75, 3.05) is 13.2 Å². The number of hydrazine groups is 1. The van der Waals surface area contributed by atoms with E-state index in [2.05, 4.69) is 10.9 Å². The fourth-order valence-corrected chi connectivity index (χ4v) is 4.44. The van der Waals surface area contributed by atoms with Crippen molar-refractivity contribution in [3.05, 3.63) is 50.6 Å². The second-order valence-electron chi connectivity index (χ2n) is 7.07. The molecule has 1 saturated heterocycles. The summed E-state index contributed by atoms with van der Waals surface area (Å²) in [5, 5.41) is 2.84. The lowest BCUT2D eigenvalue weighted by atomic mass is 10.2. The number of halogens is 2. The molecule has 0 radical (unpaired) electrons. The summed E-state index contributed by atoms with van der Waals surface area (Å²) in [6, 6.07) is 8.15. The van der Waals surface area contributed by atoms with Crippen LogP contribution in [0.1, 0.15) is 30.6 Å². The average Bonchev–Trinajstić information content (AvgIpc) is 3.42. The number of carbonyl (C=O) groups is 3. The van der Waals surface area contributed by atoms with E-state index in [1.807, 2.05) is 17.5 Å². The van der Waals surface area contributed by atoms with E-state index in [-0.39, 0.29) is 37.2 Å². The number of benzene rings is 1. The molecule has 1 aliphatic heterocycles. The summed E-state index contributed by atoms with van der Waals surface area (Å²) in [5.41, 5.74) is 4.84. The lowest BCUT2D eigenvalue weighted by molar-refractivity contribution is -0.139. The maximum Gasteiger partial charge on any atom is 0.261 e. The monoisotopic (exact) mass is 483 g/mol. The summed E-state index contributed by atoms with van der Waals surface area (Å²) in [4.78, 5) is 39.6. The molecule has 0 aliphatic carbocycles. The molecular weight excluding hydrogens is 461 g/mol.